The SMILES string of the molecule is Cc1cc(Oc2ccccc2-n2ccnn2)c(C(F)(F)F)cc1C(=O)N=C(N)N. The van der Waals surface area contributed by atoms with Crippen molar-refractivity contribution in [2.75, 3.05) is 0 Å². The molecule has 11 heteroatoms. The number of rotatable bonds is 4. The molecule has 8 nitrogen and oxygen atoms in total. The number of guanidine groups is 1. The van der Waals surface area contributed by atoms with Crippen LogP contribution in [-0.4, -0.2) is 26.9 Å². The average molecular weight is 404 g/mol. The Labute approximate surface area is 162 Å². The van der Waals surface area contributed by atoms with Gasteiger partial charge < -0.3 is 16.2 Å². The summed E-state index contributed by atoms with van der Waals surface area (Å²) >= 11 is 0. The number of alkyl halides is 3. The van der Waals surface area contributed by atoms with Crippen LogP contribution in [0.2, 0.25) is 0 Å². The molecule has 0 fully saturated rings. The molecule has 0 atom stereocenters. The molecule has 0 unspecified atom stereocenters. The minimum atomic E-state index is -4.79. The lowest BCUT2D eigenvalue weighted by molar-refractivity contribution is -0.138. The van der Waals surface area contributed by atoms with Gasteiger partial charge in [0.1, 0.15) is 11.4 Å². The lowest BCUT2D eigenvalue weighted by atomic mass is 10.0. The minimum Gasteiger partial charge on any atom is -0.454 e. The van der Waals surface area contributed by atoms with E-state index in [4.69, 9.17) is 16.2 Å². The van der Waals surface area contributed by atoms with Gasteiger partial charge in [0, 0.05) is 5.56 Å². The number of ether oxygens (including phenoxy) is 1. The molecule has 1 amide bonds. The van der Waals surface area contributed by atoms with Crippen LogP contribution in [0.25, 0.3) is 5.69 Å². The molecule has 0 saturated heterocycles. The summed E-state index contributed by atoms with van der Waals surface area (Å²) in [5.41, 5.74) is 9.45. The number of amides is 1. The molecule has 4 N–H and O–H groups in total. The third kappa shape index (κ3) is 4.34. The number of aromatic nitrogens is 3. The quantitative estimate of drug-likeness (QED) is 0.509. The Morgan fingerprint density at radius 1 is 1.17 bits per heavy atom. The van der Waals surface area contributed by atoms with Gasteiger partial charge in [-0.25, -0.2) is 4.68 Å². The number of nitrogens with zero attached hydrogens (tertiary/aromatic N) is 4. The number of aliphatic imine (C=N–C) groups is 1. The smallest absolute Gasteiger partial charge is 0.420 e. The molecule has 2 aromatic carbocycles. The first-order valence-electron chi connectivity index (χ1n) is 8.16. The summed E-state index contributed by atoms with van der Waals surface area (Å²) in [6, 6.07) is 8.16. The fourth-order valence-corrected chi connectivity index (χ4v) is 2.58. The number of carbonyl (C=O) groups is 1. The topological polar surface area (TPSA) is 121 Å². The zero-order chi connectivity index (χ0) is 21.2. The van der Waals surface area contributed by atoms with Crippen LogP contribution in [0.15, 0.2) is 53.8 Å². The molecule has 3 rings (SSSR count). The highest BCUT2D eigenvalue weighted by molar-refractivity contribution is 6.03. The van der Waals surface area contributed by atoms with Crippen LogP contribution < -0.4 is 16.2 Å². The summed E-state index contributed by atoms with van der Waals surface area (Å²) in [4.78, 5) is 15.4. The third-order valence-electron chi connectivity index (χ3n) is 3.85. The van der Waals surface area contributed by atoms with Gasteiger partial charge in [-0.15, -0.1) is 5.10 Å². The maximum absolute atomic E-state index is 13.7. The predicted octanol–water partition coefficient (Wildman–Crippen LogP) is 2.80. The molecule has 150 valence electrons. The van der Waals surface area contributed by atoms with Gasteiger partial charge in [0.25, 0.3) is 5.91 Å². The standard InChI is InChI=1S/C18H15F3N6O2/c1-10-8-15(12(18(19,20)21)9-11(10)16(28)25-17(22)23)29-14-5-3-2-4-13(14)27-7-6-24-26-27/h2-9H,1H3,(H4,22,23,25,28). The highest BCUT2D eigenvalue weighted by Gasteiger charge is 2.36. The van der Waals surface area contributed by atoms with Crippen molar-refractivity contribution in [3.05, 3.63) is 65.5 Å². The van der Waals surface area contributed by atoms with E-state index < -0.39 is 29.4 Å². The Bertz CT molecular complexity index is 1070. The van der Waals surface area contributed by atoms with Crippen molar-refractivity contribution in [2.45, 2.75) is 13.1 Å². The first-order chi connectivity index (χ1) is 13.7. The van der Waals surface area contributed by atoms with Crippen molar-refractivity contribution in [1.29, 1.82) is 0 Å². The monoisotopic (exact) mass is 404 g/mol. The van der Waals surface area contributed by atoms with Crippen LogP contribution in [-0.2, 0) is 6.18 Å². The van der Waals surface area contributed by atoms with Gasteiger partial charge >= 0.3 is 6.18 Å². The van der Waals surface area contributed by atoms with Gasteiger partial charge in [-0.05, 0) is 36.8 Å². The summed E-state index contributed by atoms with van der Waals surface area (Å²) in [5.74, 6) is -1.90. The van der Waals surface area contributed by atoms with E-state index in [0.717, 1.165) is 6.07 Å². The van der Waals surface area contributed by atoms with E-state index in [1.54, 1.807) is 18.2 Å². The van der Waals surface area contributed by atoms with E-state index in [1.165, 1.54) is 30.1 Å². The maximum Gasteiger partial charge on any atom is 0.420 e. The Kier molecular flexibility index (Phi) is 5.22. The molecule has 1 aromatic heterocycles. The van der Waals surface area contributed by atoms with Crippen LogP contribution >= 0.6 is 0 Å². The highest BCUT2D eigenvalue weighted by atomic mass is 19.4. The number of hydrogen-bond acceptors (Lipinski definition) is 4. The highest BCUT2D eigenvalue weighted by Crippen LogP contribution is 2.41. The lowest BCUT2D eigenvalue weighted by Gasteiger charge is -2.17. The molecule has 29 heavy (non-hydrogen) atoms. The van der Waals surface area contributed by atoms with Crippen molar-refractivity contribution in [2.24, 2.45) is 16.5 Å². The van der Waals surface area contributed by atoms with Crippen molar-refractivity contribution in [3.8, 4) is 17.2 Å². The summed E-state index contributed by atoms with van der Waals surface area (Å²) < 4.78 is 47.9. The summed E-state index contributed by atoms with van der Waals surface area (Å²) in [5, 5.41) is 7.50. The Morgan fingerprint density at radius 2 is 1.90 bits per heavy atom. The van der Waals surface area contributed by atoms with E-state index in [1.807, 2.05) is 0 Å². The first kappa shape index (κ1) is 19.9. The second-order valence-electron chi connectivity index (χ2n) is 5.92. The molecule has 0 radical (unpaired) electrons. The normalized spacial score (nSPS) is 11.2. The van der Waals surface area contributed by atoms with Crippen molar-refractivity contribution < 1.29 is 22.7 Å². The Morgan fingerprint density at radius 3 is 2.52 bits per heavy atom. The van der Waals surface area contributed by atoms with Crippen LogP contribution in [0.5, 0.6) is 11.5 Å². The first-order valence-corrected chi connectivity index (χ1v) is 8.16. The minimum absolute atomic E-state index is 0.117. The number of aryl methyl sites for hydroxylation is 1. The molecular formula is C18H15F3N6O2. The molecule has 0 spiro atoms. The fraction of sp³-hybridized carbons (Fsp3) is 0.111. The molecular weight excluding hydrogens is 389 g/mol. The van der Waals surface area contributed by atoms with Gasteiger partial charge in [-0.3, -0.25) is 4.79 Å². The molecule has 0 aliphatic rings. The van der Waals surface area contributed by atoms with Gasteiger partial charge in [0.15, 0.2) is 11.7 Å². The zero-order valence-corrected chi connectivity index (χ0v) is 15.0. The number of para-hydroxylation sites is 2. The molecule has 0 aliphatic heterocycles. The van der Waals surface area contributed by atoms with Crippen LogP contribution in [0, 0.1) is 6.92 Å². The van der Waals surface area contributed by atoms with Crippen molar-refractivity contribution in [1.82, 2.24) is 15.0 Å². The molecule has 1 heterocycles. The van der Waals surface area contributed by atoms with Crippen LogP contribution in [0.3, 0.4) is 0 Å². The number of carbonyl (C=O) groups excluding carboxylic acids is 1. The van der Waals surface area contributed by atoms with Gasteiger partial charge in [-0.2, -0.15) is 18.2 Å². The maximum atomic E-state index is 13.7. The van der Waals surface area contributed by atoms with E-state index in [0.29, 0.717) is 11.8 Å². The average Bonchev–Trinajstić information content (AvgIpc) is 3.15. The van der Waals surface area contributed by atoms with Gasteiger partial charge in [0.2, 0.25) is 0 Å². The summed E-state index contributed by atoms with van der Waals surface area (Å²) in [6.07, 6.45) is -1.85. The summed E-state index contributed by atoms with van der Waals surface area (Å²) in [6.45, 7) is 1.45. The van der Waals surface area contributed by atoms with Gasteiger partial charge in [-0.1, -0.05) is 17.3 Å². The van der Waals surface area contributed by atoms with Crippen molar-refractivity contribution >= 4 is 11.9 Å². The van der Waals surface area contributed by atoms with E-state index in [9.17, 15) is 18.0 Å². The number of halogens is 3. The largest absolute Gasteiger partial charge is 0.454 e. The number of hydrogen-bond donors (Lipinski definition) is 2. The fourth-order valence-electron chi connectivity index (χ4n) is 2.58. The number of benzene rings is 2. The molecule has 3 aromatic rings. The van der Waals surface area contributed by atoms with E-state index >= 15 is 0 Å². The lowest BCUT2D eigenvalue weighted by Crippen LogP contribution is -2.24. The zero-order valence-electron chi connectivity index (χ0n) is 15.0. The predicted molar refractivity (Wildman–Crippen MR) is 97.8 cm³/mol. The molecule has 0 aliphatic carbocycles. The molecule has 0 saturated carbocycles. The number of nitrogens with two attached hydrogens (primary N) is 2. The van der Waals surface area contributed by atoms with E-state index in [-0.39, 0.29) is 16.9 Å². The second kappa shape index (κ2) is 7.62. The summed E-state index contributed by atoms with van der Waals surface area (Å²) in [7, 11) is 0. The van der Waals surface area contributed by atoms with Crippen LogP contribution in [0.4, 0.5) is 13.2 Å². The van der Waals surface area contributed by atoms with Crippen LogP contribution in [0.1, 0.15) is 21.5 Å². The van der Waals surface area contributed by atoms with Gasteiger partial charge in [0.05, 0.1) is 18.0 Å². The second-order valence-corrected chi connectivity index (χ2v) is 5.92. The third-order valence-corrected chi connectivity index (χ3v) is 3.85. The van der Waals surface area contributed by atoms with Crippen molar-refractivity contribution in [3.63, 3.8) is 0 Å². The molecule has 0 bridgehead atoms. The van der Waals surface area contributed by atoms with E-state index in [2.05, 4.69) is 15.3 Å². The Balaban J connectivity index is 2.10. The Hall–Kier alpha value is -3.89.